The topological polar surface area (TPSA) is 25.8 Å². The van der Waals surface area contributed by atoms with Crippen LogP contribution >= 0.6 is 0 Å². The molecule has 0 amide bonds. The quantitative estimate of drug-likeness (QED) is 0.200. The van der Waals surface area contributed by atoms with Gasteiger partial charge in [0.2, 0.25) is 0 Å². The standard InChI is InChI=1S/2C19H17N/c2*1-13-9-10-18-16(11-13)12-15-7-4-6-14-5-2-3-8-17(14)19(15)20-18/h2*2-3,5,8-12H,4,6-7H2,1H3. The molecule has 2 aliphatic carbocycles. The van der Waals surface area contributed by atoms with Crippen molar-refractivity contribution in [2.24, 2.45) is 0 Å². The molecule has 8 rings (SSSR count). The Bertz CT molecular complexity index is 1740. The summed E-state index contributed by atoms with van der Waals surface area (Å²) in [5, 5.41) is 2.53. The SMILES string of the molecule is Cc1ccc2nc3c(cc2c1)CCCc1ccccc1-3.Cc1ccc2nc3c(cc2c1)CCCc1ccccc1-3. The first-order valence-corrected chi connectivity index (χ1v) is 14.6. The summed E-state index contributed by atoms with van der Waals surface area (Å²) in [4.78, 5) is 9.92. The van der Waals surface area contributed by atoms with Crippen molar-refractivity contribution < 1.29 is 0 Å². The van der Waals surface area contributed by atoms with E-state index in [1.54, 1.807) is 0 Å². The van der Waals surface area contributed by atoms with Gasteiger partial charge in [-0.1, -0.05) is 71.8 Å². The lowest BCUT2D eigenvalue weighted by Crippen LogP contribution is -1.93. The third-order valence-corrected chi connectivity index (χ3v) is 8.43. The first kappa shape index (κ1) is 24.7. The predicted molar refractivity (Wildman–Crippen MR) is 168 cm³/mol. The van der Waals surface area contributed by atoms with E-state index in [-0.39, 0.29) is 0 Å². The Kier molecular flexibility index (Phi) is 6.40. The molecule has 6 aromatic rings. The molecule has 40 heavy (non-hydrogen) atoms. The largest absolute Gasteiger partial charge is 0.247 e. The predicted octanol–water partition coefficient (Wildman–Crippen LogP) is 9.40. The molecule has 0 N–H and O–H groups in total. The van der Waals surface area contributed by atoms with E-state index < -0.39 is 0 Å². The van der Waals surface area contributed by atoms with Crippen LogP contribution in [-0.4, -0.2) is 9.97 Å². The molecule has 0 unspecified atom stereocenters. The van der Waals surface area contributed by atoms with Crippen molar-refractivity contribution in [3.8, 4) is 22.5 Å². The van der Waals surface area contributed by atoms with Crippen LogP contribution in [0.25, 0.3) is 44.3 Å². The summed E-state index contributed by atoms with van der Waals surface area (Å²) >= 11 is 0. The Hall–Kier alpha value is -4.30. The van der Waals surface area contributed by atoms with Gasteiger partial charge in [0, 0.05) is 21.9 Å². The van der Waals surface area contributed by atoms with E-state index in [1.165, 1.54) is 79.5 Å². The Labute approximate surface area is 236 Å². The first-order valence-electron chi connectivity index (χ1n) is 14.6. The van der Waals surface area contributed by atoms with Gasteiger partial charge in [-0.25, -0.2) is 9.97 Å². The van der Waals surface area contributed by atoms with Crippen LogP contribution in [0.15, 0.2) is 97.1 Å². The van der Waals surface area contributed by atoms with Gasteiger partial charge in [0.15, 0.2) is 0 Å². The maximum Gasteiger partial charge on any atom is 0.0744 e. The van der Waals surface area contributed by atoms with Gasteiger partial charge in [0.05, 0.1) is 22.4 Å². The number of hydrogen-bond donors (Lipinski definition) is 0. The van der Waals surface area contributed by atoms with Gasteiger partial charge < -0.3 is 0 Å². The Morgan fingerprint density at radius 3 is 1.35 bits per heavy atom. The summed E-state index contributed by atoms with van der Waals surface area (Å²) in [5.74, 6) is 0. The van der Waals surface area contributed by atoms with Crippen molar-refractivity contribution >= 4 is 21.8 Å². The molecule has 2 aromatic heterocycles. The smallest absolute Gasteiger partial charge is 0.0744 e. The summed E-state index contributed by atoms with van der Waals surface area (Å²) in [6, 6.07) is 35.1. The van der Waals surface area contributed by atoms with Crippen LogP contribution in [0.1, 0.15) is 46.2 Å². The highest BCUT2D eigenvalue weighted by Gasteiger charge is 2.17. The second-order valence-corrected chi connectivity index (χ2v) is 11.4. The van der Waals surface area contributed by atoms with Crippen molar-refractivity contribution in [1.82, 2.24) is 9.97 Å². The minimum atomic E-state index is 1.10. The van der Waals surface area contributed by atoms with E-state index in [1.807, 2.05) is 0 Å². The highest BCUT2D eigenvalue weighted by Crippen LogP contribution is 2.34. The van der Waals surface area contributed by atoms with Gasteiger partial charge in [-0.2, -0.15) is 0 Å². The highest BCUT2D eigenvalue weighted by atomic mass is 14.7. The van der Waals surface area contributed by atoms with Crippen LogP contribution in [0, 0.1) is 13.8 Å². The van der Waals surface area contributed by atoms with Gasteiger partial charge in [-0.15, -0.1) is 0 Å². The molecular formula is C38H34N2. The van der Waals surface area contributed by atoms with Crippen molar-refractivity contribution in [3.05, 3.63) is 130 Å². The number of pyridine rings is 2. The minimum absolute atomic E-state index is 1.10. The maximum absolute atomic E-state index is 4.96. The average molecular weight is 519 g/mol. The molecule has 196 valence electrons. The Morgan fingerprint density at radius 1 is 0.450 bits per heavy atom. The van der Waals surface area contributed by atoms with Crippen LogP contribution in [0.2, 0.25) is 0 Å². The second kappa shape index (κ2) is 10.4. The van der Waals surface area contributed by atoms with Gasteiger partial charge in [-0.3, -0.25) is 0 Å². The van der Waals surface area contributed by atoms with Gasteiger partial charge in [0.25, 0.3) is 0 Å². The Balaban J connectivity index is 0.000000132. The third kappa shape index (κ3) is 4.69. The fraction of sp³-hybridized carbons (Fsp3) is 0.211. The zero-order valence-electron chi connectivity index (χ0n) is 23.4. The van der Waals surface area contributed by atoms with Crippen molar-refractivity contribution in [1.29, 1.82) is 0 Å². The van der Waals surface area contributed by atoms with E-state index >= 15 is 0 Å². The Morgan fingerprint density at radius 2 is 0.875 bits per heavy atom. The van der Waals surface area contributed by atoms with Crippen LogP contribution < -0.4 is 0 Å². The average Bonchev–Trinajstić information content (AvgIpc) is 3.26. The van der Waals surface area contributed by atoms with Gasteiger partial charge in [-0.05, 0) is 111 Å². The minimum Gasteiger partial charge on any atom is -0.247 e. The number of rotatable bonds is 0. The molecule has 2 heterocycles. The van der Waals surface area contributed by atoms with E-state index in [2.05, 4.69) is 111 Å². The fourth-order valence-corrected chi connectivity index (χ4v) is 6.40. The number of nitrogens with zero attached hydrogens (tertiary/aromatic N) is 2. The molecule has 0 saturated carbocycles. The molecule has 2 heteroatoms. The lowest BCUT2D eigenvalue weighted by Gasteiger charge is -2.10. The molecule has 0 fully saturated rings. The van der Waals surface area contributed by atoms with Crippen molar-refractivity contribution in [2.75, 3.05) is 0 Å². The fourth-order valence-electron chi connectivity index (χ4n) is 6.40. The molecule has 0 saturated heterocycles. The summed E-state index contributed by atoms with van der Waals surface area (Å²) in [6.07, 6.45) is 6.98. The number of aryl methyl sites for hydroxylation is 6. The molecular weight excluding hydrogens is 484 g/mol. The number of benzene rings is 4. The summed E-state index contributed by atoms with van der Waals surface area (Å²) < 4.78 is 0. The number of fused-ring (bicyclic) bond motifs is 8. The van der Waals surface area contributed by atoms with E-state index in [0.717, 1.165) is 36.7 Å². The zero-order valence-corrected chi connectivity index (χ0v) is 23.4. The van der Waals surface area contributed by atoms with Crippen molar-refractivity contribution in [2.45, 2.75) is 52.4 Å². The summed E-state index contributed by atoms with van der Waals surface area (Å²) in [5.41, 5.74) is 15.5. The lowest BCUT2D eigenvalue weighted by molar-refractivity contribution is 0.834. The van der Waals surface area contributed by atoms with Crippen LogP contribution in [0.4, 0.5) is 0 Å². The zero-order chi connectivity index (χ0) is 27.1. The molecule has 2 nitrogen and oxygen atoms in total. The molecule has 0 atom stereocenters. The molecule has 4 aromatic carbocycles. The second-order valence-electron chi connectivity index (χ2n) is 11.4. The van der Waals surface area contributed by atoms with Gasteiger partial charge in [0.1, 0.15) is 0 Å². The van der Waals surface area contributed by atoms with Crippen molar-refractivity contribution in [3.63, 3.8) is 0 Å². The van der Waals surface area contributed by atoms with E-state index in [9.17, 15) is 0 Å². The third-order valence-electron chi connectivity index (χ3n) is 8.43. The molecule has 0 radical (unpaired) electrons. The number of aromatic nitrogens is 2. The van der Waals surface area contributed by atoms with Crippen LogP contribution in [0.5, 0.6) is 0 Å². The molecule has 0 spiro atoms. The molecule has 0 aliphatic heterocycles. The summed E-state index contributed by atoms with van der Waals surface area (Å²) in [7, 11) is 0. The number of hydrogen-bond acceptors (Lipinski definition) is 2. The van der Waals surface area contributed by atoms with Crippen LogP contribution in [0.3, 0.4) is 0 Å². The van der Waals surface area contributed by atoms with E-state index in [4.69, 9.17) is 9.97 Å². The van der Waals surface area contributed by atoms with Gasteiger partial charge >= 0.3 is 0 Å². The monoisotopic (exact) mass is 518 g/mol. The molecule has 2 aliphatic rings. The van der Waals surface area contributed by atoms with Crippen LogP contribution in [-0.2, 0) is 25.7 Å². The molecule has 0 bridgehead atoms. The normalized spacial score (nSPS) is 13.7. The lowest BCUT2D eigenvalue weighted by atomic mass is 10.00. The summed E-state index contributed by atoms with van der Waals surface area (Å²) in [6.45, 7) is 4.28. The maximum atomic E-state index is 4.96. The van der Waals surface area contributed by atoms with E-state index in [0.29, 0.717) is 0 Å². The first-order chi connectivity index (χ1) is 19.6. The highest BCUT2D eigenvalue weighted by molar-refractivity contribution is 5.86.